The zero-order valence-electron chi connectivity index (χ0n) is 11.8. The number of hydrogen-bond acceptors (Lipinski definition) is 3. The summed E-state index contributed by atoms with van der Waals surface area (Å²) < 4.78 is 5.19. The van der Waals surface area contributed by atoms with E-state index in [1.165, 1.54) is 10.8 Å². The Hall–Kier alpha value is -2.68. The smallest absolute Gasteiger partial charge is 0.120 e. The molecule has 0 fully saturated rings. The lowest BCUT2D eigenvalue weighted by Gasteiger charge is -2.12. The molecule has 0 spiro atoms. The first-order valence-corrected chi connectivity index (χ1v) is 6.85. The van der Waals surface area contributed by atoms with Crippen LogP contribution in [-0.4, -0.2) is 12.2 Å². The maximum absolute atomic E-state index is 9.93. The maximum Gasteiger partial charge on any atom is 0.120 e. The van der Waals surface area contributed by atoms with Gasteiger partial charge in [0.05, 0.1) is 7.11 Å². The van der Waals surface area contributed by atoms with Gasteiger partial charge in [-0.05, 0) is 29.7 Å². The quantitative estimate of drug-likeness (QED) is 0.753. The summed E-state index contributed by atoms with van der Waals surface area (Å²) in [7, 11) is 1.62. The molecule has 21 heavy (non-hydrogen) atoms. The van der Waals surface area contributed by atoms with Gasteiger partial charge in [-0.2, -0.15) is 0 Å². The molecule has 3 rings (SSSR count). The molecule has 0 amide bonds. The molecule has 2 N–H and O–H groups in total. The Morgan fingerprint density at radius 1 is 1.00 bits per heavy atom. The summed E-state index contributed by atoms with van der Waals surface area (Å²) in [5, 5.41) is 15.7. The van der Waals surface area contributed by atoms with Crippen molar-refractivity contribution in [3.8, 4) is 11.5 Å². The number of nitrogens with one attached hydrogen (secondary N) is 1. The van der Waals surface area contributed by atoms with Gasteiger partial charge in [0, 0.05) is 23.2 Å². The van der Waals surface area contributed by atoms with Gasteiger partial charge >= 0.3 is 0 Å². The number of hydrogen-bond donors (Lipinski definition) is 2. The van der Waals surface area contributed by atoms with Crippen molar-refractivity contribution in [2.75, 3.05) is 12.4 Å². The second kappa shape index (κ2) is 5.75. The van der Waals surface area contributed by atoms with Crippen LogP contribution in [0.25, 0.3) is 10.8 Å². The maximum atomic E-state index is 9.93. The topological polar surface area (TPSA) is 41.5 Å². The van der Waals surface area contributed by atoms with Crippen molar-refractivity contribution in [1.29, 1.82) is 0 Å². The van der Waals surface area contributed by atoms with Gasteiger partial charge in [0.2, 0.25) is 0 Å². The minimum atomic E-state index is 0.267. The molecule has 3 aromatic carbocycles. The number of phenols is 1. The molecule has 0 unspecified atom stereocenters. The normalized spacial score (nSPS) is 10.5. The van der Waals surface area contributed by atoms with E-state index in [4.69, 9.17) is 4.74 Å². The molecule has 0 aliphatic heterocycles. The highest BCUT2D eigenvalue weighted by atomic mass is 16.5. The molecule has 0 saturated carbocycles. The third-order valence-corrected chi connectivity index (χ3v) is 3.55. The summed E-state index contributed by atoms with van der Waals surface area (Å²) in [4.78, 5) is 0. The fourth-order valence-electron chi connectivity index (χ4n) is 2.40. The van der Waals surface area contributed by atoms with Crippen LogP contribution in [0.4, 0.5) is 5.69 Å². The van der Waals surface area contributed by atoms with Crippen molar-refractivity contribution in [1.82, 2.24) is 0 Å². The first-order valence-electron chi connectivity index (χ1n) is 6.85. The van der Waals surface area contributed by atoms with E-state index in [0.717, 1.165) is 17.0 Å². The molecule has 3 nitrogen and oxygen atoms in total. The SMILES string of the molecule is COc1ccc(O)c(CNc2cccc3ccccc23)c1. The molecule has 0 aliphatic carbocycles. The molecular formula is C18H17NO2. The van der Waals surface area contributed by atoms with Crippen LogP contribution in [0.3, 0.4) is 0 Å². The summed E-state index contributed by atoms with van der Waals surface area (Å²) >= 11 is 0. The average molecular weight is 279 g/mol. The molecule has 0 radical (unpaired) electrons. The predicted octanol–water partition coefficient (Wildman–Crippen LogP) is 4.17. The monoisotopic (exact) mass is 279 g/mol. The summed E-state index contributed by atoms with van der Waals surface area (Å²) in [6, 6.07) is 19.6. The van der Waals surface area contributed by atoms with Crippen LogP contribution >= 0.6 is 0 Å². The van der Waals surface area contributed by atoms with Crippen molar-refractivity contribution in [2.24, 2.45) is 0 Å². The second-order valence-corrected chi connectivity index (χ2v) is 4.87. The van der Waals surface area contributed by atoms with Crippen LogP contribution in [0.1, 0.15) is 5.56 Å². The number of aromatic hydroxyl groups is 1. The Labute approximate surface area is 123 Å². The van der Waals surface area contributed by atoms with E-state index in [2.05, 4.69) is 23.5 Å². The Morgan fingerprint density at radius 3 is 2.67 bits per heavy atom. The van der Waals surface area contributed by atoms with Gasteiger partial charge in [0.25, 0.3) is 0 Å². The Morgan fingerprint density at radius 2 is 1.81 bits per heavy atom. The van der Waals surface area contributed by atoms with Gasteiger partial charge in [0.1, 0.15) is 11.5 Å². The lowest BCUT2D eigenvalue weighted by Crippen LogP contribution is -2.00. The van der Waals surface area contributed by atoms with Crippen LogP contribution in [-0.2, 0) is 6.54 Å². The molecule has 0 heterocycles. The van der Waals surface area contributed by atoms with Crippen molar-refractivity contribution >= 4 is 16.5 Å². The van der Waals surface area contributed by atoms with Crippen LogP contribution in [0.5, 0.6) is 11.5 Å². The van der Waals surface area contributed by atoms with Crippen LogP contribution in [0.2, 0.25) is 0 Å². The van der Waals surface area contributed by atoms with Gasteiger partial charge < -0.3 is 15.2 Å². The van der Waals surface area contributed by atoms with E-state index < -0.39 is 0 Å². The van der Waals surface area contributed by atoms with Gasteiger partial charge in [-0.1, -0.05) is 36.4 Å². The highest BCUT2D eigenvalue weighted by Gasteiger charge is 2.05. The number of methoxy groups -OCH3 is 1. The zero-order valence-corrected chi connectivity index (χ0v) is 11.8. The van der Waals surface area contributed by atoms with E-state index in [1.54, 1.807) is 19.2 Å². The molecule has 0 saturated heterocycles. The number of benzene rings is 3. The number of ether oxygens (including phenoxy) is 1. The van der Waals surface area contributed by atoms with Crippen LogP contribution < -0.4 is 10.1 Å². The average Bonchev–Trinajstić information content (AvgIpc) is 2.54. The molecule has 106 valence electrons. The van der Waals surface area contributed by atoms with Gasteiger partial charge in [0.15, 0.2) is 0 Å². The standard InChI is InChI=1S/C18H17NO2/c1-21-15-9-10-18(20)14(11-15)12-19-17-8-4-6-13-5-2-3-7-16(13)17/h2-11,19-20H,12H2,1H3. The molecule has 0 bridgehead atoms. The Balaban J connectivity index is 1.87. The number of rotatable bonds is 4. The lowest BCUT2D eigenvalue weighted by molar-refractivity contribution is 0.411. The molecule has 3 aromatic rings. The Bertz CT molecular complexity index is 763. The third kappa shape index (κ3) is 2.77. The first-order chi connectivity index (χ1) is 10.3. The lowest BCUT2D eigenvalue weighted by atomic mass is 10.1. The molecule has 0 aliphatic rings. The van der Waals surface area contributed by atoms with Gasteiger partial charge in [-0.15, -0.1) is 0 Å². The summed E-state index contributed by atoms with van der Waals surface area (Å²) in [5.41, 5.74) is 1.86. The third-order valence-electron chi connectivity index (χ3n) is 3.55. The molecule has 3 heteroatoms. The van der Waals surface area contributed by atoms with Gasteiger partial charge in [-0.25, -0.2) is 0 Å². The van der Waals surface area contributed by atoms with Gasteiger partial charge in [-0.3, -0.25) is 0 Å². The van der Waals surface area contributed by atoms with E-state index in [0.29, 0.717) is 6.54 Å². The zero-order chi connectivity index (χ0) is 14.7. The van der Waals surface area contributed by atoms with Crippen molar-refractivity contribution in [2.45, 2.75) is 6.54 Å². The second-order valence-electron chi connectivity index (χ2n) is 4.87. The predicted molar refractivity (Wildman–Crippen MR) is 85.9 cm³/mol. The van der Waals surface area contributed by atoms with Crippen LogP contribution in [0, 0.1) is 0 Å². The van der Waals surface area contributed by atoms with E-state index in [1.807, 2.05) is 30.3 Å². The first kappa shape index (κ1) is 13.3. The summed E-state index contributed by atoms with van der Waals surface area (Å²) in [5.74, 6) is 1.01. The fourth-order valence-corrected chi connectivity index (χ4v) is 2.40. The number of fused-ring (bicyclic) bond motifs is 1. The summed E-state index contributed by atoms with van der Waals surface area (Å²) in [6.07, 6.45) is 0. The largest absolute Gasteiger partial charge is 0.508 e. The highest BCUT2D eigenvalue weighted by Crippen LogP contribution is 2.26. The highest BCUT2D eigenvalue weighted by molar-refractivity contribution is 5.93. The Kier molecular flexibility index (Phi) is 3.65. The van der Waals surface area contributed by atoms with Crippen molar-refractivity contribution in [3.05, 3.63) is 66.2 Å². The minimum absolute atomic E-state index is 0.267. The van der Waals surface area contributed by atoms with E-state index in [9.17, 15) is 5.11 Å². The number of phenolic OH excluding ortho intramolecular Hbond substituents is 1. The van der Waals surface area contributed by atoms with E-state index in [-0.39, 0.29) is 5.75 Å². The fraction of sp³-hybridized carbons (Fsp3) is 0.111. The molecular weight excluding hydrogens is 262 g/mol. The molecule has 0 aromatic heterocycles. The number of anilines is 1. The van der Waals surface area contributed by atoms with Crippen molar-refractivity contribution in [3.63, 3.8) is 0 Å². The van der Waals surface area contributed by atoms with Crippen molar-refractivity contribution < 1.29 is 9.84 Å². The van der Waals surface area contributed by atoms with E-state index >= 15 is 0 Å². The molecule has 0 atom stereocenters. The summed E-state index contributed by atoms with van der Waals surface area (Å²) in [6.45, 7) is 0.539. The minimum Gasteiger partial charge on any atom is -0.508 e. The van der Waals surface area contributed by atoms with Crippen LogP contribution in [0.15, 0.2) is 60.7 Å².